The summed E-state index contributed by atoms with van der Waals surface area (Å²) < 4.78 is 12.4. The smallest absolute Gasteiger partial charge is 0.145 e. The van der Waals surface area contributed by atoms with Gasteiger partial charge in [0.15, 0.2) is 0 Å². The van der Waals surface area contributed by atoms with E-state index in [0.29, 0.717) is 18.0 Å². The molecule has 3 fully saturated rings. The van der Waals surface area contributed by atoms with Crippen molar-refractivity contribution in [3.63, 3.8) is 0 Å². The molecular formula is C32H58O3. The van der Waals surface area contributed by atoms with Gasteiger partial charge in [0.25, 0.3) is 0 Å². The third-order valence-corrected chi connectivity index (χ3v) is 9.62. The fourth-order valence-electron chi connectivity index (χ4n) is 7.31. The number of ketones is 1. The summed E-state index contributed by atoms with van der Waals surface area (Å²) in [6.45, 7) is 6.39. The third kappa shape index (κ3) is 8.84. The van der Waals surface area contributed by atoms with Crippen molar-refractivity contribution in [3.8, 4) is 0 Å². The highest BCUT2D eigenvalue weighted by Crippen LogP contribution is 2.63. The zero-order valence-electron chi connectivity index (χ0n) is 23.6. The summed E-state index contributed by atoms with van der Waals surface area (Å²) in [5.74, 6) is 0.626. The van der Waals surface area contributed by atoms with Gasteiger partial charge in [-0.25, -0.2) is 0 Å². The molecule has 0 radical (unpaired) electrons. The van der Waals surface area contributed by atoms with Crippen molar-refractivity contribution in [2.75, 3.05) is 13.2 Å². The van der Waals surface area contributed by atoms with E-state index in [1.807, 2.05) is 0 Å². The highest BCUT2D eigenvalue weighted by Gasteiger charge is 2.63. The molecule has 3 saturated carbocycles. The van der Waals surface area contributed by atoms with Crippen LogP contribution in [-0.4, -0.2) is 31.2 Å². The van der Waals surface area contributed by atoms with Gasteiger partial charge in [-0.2, -0.15) is 0 Å². The number of Topliss-reactive ketones (excluding diaryl/α,β-unsaturated/α-hetero) is 1. The lowest BCUT2D eigenvalue weighted by molar-refractivity contribution is -0.173. The molecule has 0 saturated heterocycles. The number of carbonyl (C=O) groups excluding carboxylic acids is 1. The maximum absolute atomic E-state index is 13.5. The van der Waals surface area contributed by atoms with Crippen LogP contribution in [0.3, 0.4) is 0 Å². The monoisotopic (exact) mass is 490 g/mol. The molecule has 0 aliphatic heterocycles. The maximum atomic E-state index is 13.5. The molecule has 0 atom stereocenters. The first-order valence-corrected chi connectivity index (χ1v) is 15.9. The van der Waals surface area contributed by atoms with Crippen LogP contribution in [0.5, 0.6) is 0 Å². The molecule has 204 valence electrons. The summed E-state index contributed by atoms with van der Waals surface area (Å²) in [6.07, 6.45) is 29.4. The normalized spacial score (nSPS) is 30.7. The zero-order valence-corrected chi connectivity index (χ0v) is 23.6. The summed E-state index contributed by atoms with van der Waals surface area (Å²) in [5.41, 5.74) is 0.0369. The van der Waals surface area contributed by atoms with E-state index in [9.17, 15) is 4.79 Å². The summed E-state index contributed by atoms with van der Waals surface area (Å²) in [6, 6.07) is 0. The topological polar surface area (TPSA) is 35.5 Å². The van der Waals surface area contributed by atoms with Crippen LogP contribution >= 0.6 is 0 Å². The Labute approximate surface area is 217 Å². The fourth-order valence-corrected chi connectivity index (χ4v) is 7.31. The van der Waals surface area contributed by atoms with Gasteiger partial charge in [0.05, 0.1) is 12.2 Å². The van der Waals surface area contributed by atoms with Crippen molar-refractivity contribution in [1.29, 1.82) is 0 Å². The van der Waals surface area contributed by atoms with Gasteiger partial charge >= 0.3 is 0 Å². The first-order valence-electron chi connectivity index (χ1n) is 15.9. The summed E-state index contributed by atoms with van der Waals surface area (Å²) in [7, 11) is 0. The van der Waals surface area contributed by atoms with Crippen LogP contribution in [0.25, 0.3) is 0 Å². The van der Waals surface area contributed by atoms with Gasteiger partial charge in [-0.15, -0.1) is 0 Å². The lowest BCUT2D eigenvalue weighted by Crippen LogP contribution is -2.60. The van der Waals surface area contributed by atoms with Gasteiger partial charge in [0.1, 0.15) is 5.78 Å². The lowest BCUT2D eigenvalue weighted by Gasteiger charge is -2.59. The molecule has 0 aromatic heterocycles. The molecule has 0 N–H and O–H groups in total. The van der Waals surface area contributed by atoms with Gasteiger partial charge in [-0.3, -0.25) is 4.79 Å². The molecule has 0 amide bonds. The Morgan fingerprint density at radius 2 is 0.914 bits per heavy atom. The van der Waals surface area contributed by atoms with Gasteiger partial charge in [0, 0.05) is 24.0 Å². The molecule has 3 aliphatic carbocycles. The van der Waals surface area contributed by atoms with E-state index in [0.717, 1.165) is 71.0 Å². The molecule has 3 aliphatic rings. The number of ether oxygens (including phenoxy) is 2. The molecule has 2 spiro atoms. The first kappa shape index (κ1) is 29.2. The first-order chi connectivity index (χ1) is 17.1. The second-order valence-electron chi connectivity index (χ2n) is 12.4. The number of hydrogen-bond acceptors (Lipinski definition) is 3. The summed E-state index contributed by atoms with van der Waals surface area (Å²) >= 11 is 0. The highest BCUT2D eigenvalue weighted by atomic mass is 16.5. The number of hydrogen-bond donors (Lipinski definition) is 0. The lowest BCUT2D eigenvalue weighted by atomic mass is 9.44. The number of carbonyl (C=O) groups is 1. The van der Waals surface area contributed by atoms with Gasteiger partial charge < -0.3 is 9.47 Å². The zero-order chi connectivity index (χ0) is 24.8. The molecule has 3 heteroatoms. The van der Waals surface area contributed by atoms with Crippen LogP contribution in [0.15, 0.2) is 0 Å². The predicted molar refractivity (Wildman–Crippen MR) is 147 cm³/mol. The Morgan fingerprint density at radius 3 is 1.26 bits per heavy atom. The van der Waals surface area contributed by atoms with Crippen molar-refractivity contribution in [2.24, 2.45) is 10.8 Å². The Bertz CT molecular complexity index is 521. The second kappa shape index (κ2) is 15.8. The Hall–Kier alpha value is -0.410. The fraction of sp³-hybridized carbons (Fsp3) is 0.969. The van der Waals surface area contributed by atoms with Crippen LogP contribution in [0.1, 0.15) is 162 Å². The molecule has 3 rings (SSSR count). The molecule has 0 aromatic rings. The van der Waals surface area contributed by atoms with E-state index < -0.39 is 0 Å². The van der Waals surface area contributed by atoms with Crippen molar-refractivity contribution < 1.29 is 14.3 Å². The standard InChI is InChI=1S/C32H58O3/c1-3-5-7-9-11-13-15-25-34-28-17-21-31(22-18-28)27-32(30(31)33)23-19-29(20-24-32)35-26-16-14-12-10-8-6-4-2/h28-29H,3-27H2,1-2H3/t28?,29?,31-,32-. The van der Waals surface area contributed by atoms with E-state index >= 15 is 0 Å². The minimum atomic E-state index is 0.0185. The Morgan fingerprint density at radius 1 is 0.571 bits per heavy atom. The molecule has 35 heavy (non-hydrogen) atoms. The average molecular weight is 491 g/mol. The van der Waals surface area contributed by atoms with E-state index in [2.05, 4.69) is 13.8 Å². The van der Waals surface area contributed by atoms with Crippen LogP contribution in [-0.2, 0) is 14.3 Å². The maximum Gasteiger partial charge on any atom is 0.145 e. The summed E-state index contributed by atoms with van der Waals surface area (Å²) in [4.78, 5) is 13.5. The quantitative estimate of drug-likeness (QED) is 0.179. The van der Waals surface area contributed by atoms with E-state index in [1.165, 1.54) is 89.9 Å². The molecule has 0 bridgehead atoms. The highest BCUT2D eigenvalue weighted by molar-refractivity contribution is 5.96. The predicted octanol–water partition coefficient (Wildman–Crippen LogP) is 9.35. The molecule has 3 nitrogen and oxygen atoms in total. The SMILES string of the molecule is CCCCCCCCCOC1CC[C@]2(CC1)C[C@@]1(CCC(OCCCCCCCCC)CC1)C2=O. The Kier molecular flexibility index (Phi) is 13.1. The van der Waals surface area contributed by atoms with Crippen molar-refractivity contribution in [3.05, 3.63) is 0 Å². The van der Waals surface area contributed by atoms with Crippen molar-refractivity contribution in [2.45, 2.75) is 174 Å². The van der Waals surface area contributed by atoms with Crippen molar-refractivity contribution >= 4 is 5.78 Å². The van der Waals surface area contributed by atoms with Crippen LogP contribution in [0.2, 0.25) is 0 Å². The van der Waals surface area contributed by atoms with Crippen LogP contribution in [0.4, 0.5) is 0 Å². The third-order valence-electron chi connectivity index (χ3n) is 9.62. The average Bonchev–Trinajstić information content (AvgIpc) is 2.89. The Balaban J connectivity index is 1.22. The van der Waals surface area contributed by atoms with Gasteiger partial charge in [0.2, 0.25) is 0 Å². The largest absolute Gasteiger partial charge is 0.378 e. The second-order valence-corrected chi connectivity index (χ2v) is 12.4. The van der Waals surface area contributed by atoms with E-state index in [1.54, 1.807) is 0 Å². The number of rotatable bonds is 18. The summed E-state index contributed by atoms with van der Waals surface area (Å²) in [5, 5.41) is 0. The molecule has 0 aromatic carbocycles. The van der Waals surface area contributed by atoms with E-state index in [4.69, 9.17) is 9.47 Å². The minimum Gasteiger partial charge on any atom is -0.378 e. The van der Waals surface area contributed by atoms with E-state index in [-0.39, 0.29) is 10.8 Å². The van der Waals surface area contributed by atoms with Crippen LogP contribution < -0.4 is 0 Å². The van der Waals surface area contributed by atoms with Crippen LogP contribution in [0, 0.1) is 10.8 Å². The van der Waals surface area contributed by atoms with Crippen molar-refractivity contribution in [1.82, 2.24) is 0 Å². The number of unbranched alkanes of at least 4 members (excludes halogenated alkanes) is 12. The molecule has 0 heterocycles. The van der Waals surface area contributed by atoms with Gasteiger partial charge in [-0.1, -0.05) is 90.9 Å². The minimum absolute atomic E-state index is 0.0185. The molecular weight excluding hydrogens is 432 g/mol. The molecule has 0 unspecified atom stereocenters. The van der Waals surface area contributed by atoms with Gasteiger partial charge in [-0.05, 0) is 70.6 Å².